The first kappa shape index (κ1) is 16.0. The summed E-state index contributed by atoms with van der Waals surface area (Å²) in [4.78, 5) is 12.0. The SMILES string of the molecule is CC(NCC(O)C(C)C)c1ccc2c(c1)C(C)(C)C(=O)N2. The van der Waals surface area contributed by atoms with Crippen LogP contribution in [0.1, 0.15) is 51.8 Å². The van der Waals surface area contributed by atoms with Gasteiger partial charge in [0.25, 0.3) is 0 Å². The minimum Gasteiger partial charge on any atom is -0.392 e. The summed E-state index contributed by atoms with van der Waals surface area (Å²) in [5.74, 6) is 0.288. The lowest BCUT2D eigenvalue weighted by Gasteiger charge is -2.21. The van der Waals surface area contributed by atoms with Gasteiger partial charge in [0.15, 0.2) is 0 Å². The summed E-state index contributed by atoms with van der Waals surface area (Å²) in [5.41, 5.74) is 2.60. The molecule has 2 rings (SSSR count). The van der Waals surface area contributed by atoms with Crippen molar-refractivity contribution in [3.63, 3.8) is 0 Å². The number of rotatable bonds is 5. The van der Waals surface area contributed by atoms with Crippen LogP contribution < -0.4 is 10.6 Å². The van der Waals surface area contributed by atoms with Crippen LogP contribution in [-0.2, 0) is 10.2 Å². The number of anilines is 1. The third-order valence-electron chi connectivity index (χ3n) is 4.44. The van der Waals surface area contributed by atoms with Crippen molar-refractivity contribution in [1.82, 2.24) is 5.32 Å². The third kappa shape index (κ3) is 3.11. The van der Waals surface area contributed by atoms with E-state index >= 15 is 0 Å². The Bertz CT molecular complexity index is 538. The second-order valence-electron chi connectivity index (χ2n) is 6.83. The van der Waals surface area contributed by atoms with Crippen molar-refractivity contribution >= 4 is 11.6 Å². The molecule has 1 aromatic rings. The molecule has 1 heterocycles. The van der Waals surface area contributed by atoms with E-state index in [1.165, 1.54) is 0 Å². The van der Waals surface area contributed by atoms with Crippen LogP contribution in [0.3, 0.4) is 0 Å². The zero-order valence-corrected chi connectivity index (χ0v) is 13.5. The molecule has 0 fully saturated rings. The van der Waals surface area contributed by atoms with Crippen molar-refractivity contribution in [1.29, 1.82) is 0 Å². The monoisotopic (exact) mass is 290 g/mol. The summed E-state index contributed by atoms with van der Waals surface area (Å²) in [5, 5.41) is 16.2. The molecular formula is C17H26N2O2. The highest BCUT2D eigenvalue weighted by molar-refractivity contribution is 6.05. The molecule has 0 bridgehead atoms. The lowest BCUT2D eigenvalue weighted by Crippen LogP contribution is -2.32. The third-order valence-corrected chi connectivity index (χ3v) is 4.44. The van der Waals surface area contributed by atoms with Gasteiger partial charge in [0, 0.05) is 18.3 Å². The van der Waals surface area contributed by atoms with E-state index in [0.29, 0.717) is 6.54 Å². The number of aliphatic hydroxyl groups excluding tert-OH is 1. The van der Waals surface area contributed by atoms with Gasteiger partial charge in [-0.3, -0.25) is 4.79 Å². The predicted octanol–water partition coefficient (Wildman–Crippen LogP) is 2.58. The van der Waals surface area contributed by atoms with E-state index in [1.54, 1.807) is 0 Å². The van der Waals surface area contributed by atoms with Crippen molar-refractivity contribution < 1.29 is 9.90 Å². The number of fused-ring (bicyclic) bond motifs is 1. The highest BCUT2D eigenvalue weighted by Crippen LogP contribution is 2.38. The molecule has 1 aliphatic heterocycles. The standard InChI is InChI=1S/C17H26N2O2/c1-10(2)15(20)9-18-11(3)12-6-7-14-13(8-12)17(4,5)16(21)19-14/h6-8,10-11,15,18,20H,9H2,1-5H3,(H,19,21). The van der Waals surface area contributed by atoms with E-state index in [1.807, 2.05) is 39.8 Å². The molecule has 0 aliphatic carbocycles. The highest BCUT2D eigenvalue weighted by Gasteiger charge is 2.38. The van der Waals surface area contributed by atoms with Gasteiger partial charge >= 0.3 is 0 Å². The van der Waals surface area contributed by atoms with Crippen LogP contribution >= 0.6 is 0 Å². The topological polar surface area (TPSA) is 61.4 Å². The Labute approximate surface area is 126 Å². The van der Waals surface area contributed by atoms with Crippen molar-refractivity contribution in [2.75, 3.05) is 11.9 Å². The van der Waals surface area contributed by atoms with Gasteiger partial charge in [-0.05, 0) is 43.9 Å². The molecule has 0 radical (unpaired) electrons. The van der Waals surface area contributed by atoms with E-state index in [9.17, 15) is 9.90 Å². The van der Waals surface area contributed by atoms with Crippen LogP contribution in [0.5, 0.6) is 0 Å². The number of benzene rings is 1. The van der Waals surface area contributed by atoms with Crippen LogP contribution in [-0.4, -0.2) is 23.7 Å². The molecule has 3 N–H and O–H groups in total. The first-order valence-electron chi connectivity index (χ1n) is 7.60. The molecular weight excluding hydrogens is 264 g/mol. The Hall–Kier alpha value is -1.39. The van der Waals surface area contributed by atoms with Gasteiger partial charge in [-0.2, -0.15) is 0 Å². The van der Waals surface area contributed by atoms with Crippen LogP contribution in [0.15, 0.2) is 18.2 Å². The van der Waals surface area contributed by atoms with Crippen LogP contribution in [0.4, 0.5) is 5.69 Å². The summed E-state index contributed by atoms with van der Waals surface area (Å²) < 4.78 is 0. The largest absolute Gasteiger partial charge is 0.392 e. The molecule has 4 heteroatoms. The molecule has 21 heavy (non-hydrogen) atoms. The minimum atomic E-state index is -0.484. The van der Waals surface area contributed by atoms with Gasteiger partial charge < -0.3 is 15.7 Å². The summed E-state index contributed by atoms with van der Waals surface area (Å²) in [7, 11) is 0. The van der Waals surface area contributed by atoms with Crippen molar-refractivity contribution in [3.8, 4) is 0 Å². The Balaban J connectivity index is 2.12. The van der Waals surface area contributed by atoms with E-state index < -0.39 is 5.41 Å². The van der Waals surface area contributed by atoms with Gasteiger partial charge in [0.05, 0.1) is 11.5 Å². The molecule has 0 saturated carbocycles. The second kappa shape index (κ2) is 5.78. The number of amides is 1. The van der Waals surface area contributed by atoms with E-state index in [0.717, 1.165) is 16.8 Å². The average molecular weight is 290 g/mol. The van der Waals surface area contributed by atoms with Crippen molar-refractivity contribution in [3.05, 3.63) is 29.3 Å². The van der Waals surface area contributed by atoms with Gasteiger partial charge in [-0.1, -0.05) is 26.0 Å². The van der Waals surface area contributed by atoms with Gasteiger partial charge in [-0.15, -0.1) is 0 Å². The quantitative estimate of drug-likeness (QED) is 0.781. The average Bonchev–Trinajstić information content (AvgIpc) is 2.65. The van der Waals surface area contributed by atoms with Crippen LogP contribution in [0.2, 0.25) is 0 Å². The number of hydrogen-bond donors (Lipinski definition) is 3. The maximum absolute atomic E-state index is 12.0. The molecule has 2 unspecified atom stereocenters. The van der Waals surface area contributed by atoms with Crippen LogP contribution in [0.25, 0.3) is 0 Å². The summed E-state index contributed by atoms with van der Waals surface area (Å²) in [6.45, 7) is 10.5. The van der Waals surface area contributed by atoms with Gasteiger partial charge in [0.2, 0.25) is 5.91 Å². The molecule has 2 atom stereocenters. The maximum Gasteiger partial charge on any atom is 0.234 e. The number of aliphatic hydroxyl groups is 1. The summed E-state index contributed by atoms with van der Waals surface area (Å²) in [6.07, 6.45) is -0.346. The summed E-state index contributed by atoms with van der Waals surface area (Å²) in [6, 6.07) is 6.22. The molecule has 0 spiro atoms. The second-order valence-corrected chi connectivity index (χ2v) is 6.83. The molecule has 4 nitrogen and oxygen atoms in total. The van der Waals surface area contributed by atoms with Crippen LogP contribution in [0, 0.1) is 5.92 Å². The Kier molecular flexibility index (Phi) is 4.40. The molecule has 1 amide bonds. The summed E-state index contributed by atoms with van der Waals surface area (Å²) >= 11 is 0. The smallest absolute Gasteiger partial charge is 0.234 e. The number of nitrogens with one attached hydrogen (secondary N) is 2. The van der Waals surface area contributed by atoms with Gasteiger partial charge in [-0.25, -0.2) is 0 Å². The van der Waals surface area contributed by atoms with E-state index in [2.05, 4.69) is 23.6 Å². The lowest BCUT2D eigenvalue weighted by atomic mass is 9.85. The predicted molar refractivity (Wildman–Crippen MR) is 85.4 cm³/mol. The highest BCUT2D eigenvalue weighted by atomic mass is 16.3. The van der Waals surface area contributed by atoms with Crippen molar-refractivity contribution in [2.45, 2.75) is 52.2 Å². The Morgan fingerprint density at radius 1 is 1.29 bits per heavy atom. The molecule has 1 aromatic carbocycles. The maximum atomic E-state index is 12.0. The number of carbonyl (C=O) groups excluding carboxylic acids is 1. The molecule has 0 saturated heterocycles. The fourth-order valence-corrected chi connectivity index (χ4v) is 2.51. The fourth-order valence-electron chi connectivity index (χ4n) is 2.51. The zero-order chi connectivity index (χ0) is 15.8. The first-order valence-corrected chi connectivity index (χ1v) is 7.60. The van der Waals surface area contributed by atoms with E-state index in [4.69, 9.17) is 0 Å². The Morgan fingerprint density at radius 2 is 1.95 bits per heavy atom. The van der Waals surface area contributed by atoms with Crippen molar-refractivity contribution in [2.24, 2.45) is 5.92 Å². The number of carbonyl (C=O) groups is 1. The first-order chi connectivity index (χ1) is 9.73. The minimum absolute atomic E-state index is 0.0468. The molecule has 1 aliphatic rings. The molecule has 0 aromatic heterocycles. The van der Waals surface area contributed by atoms with E-state index in [-0.39, 0.29) is 24.0 Å². The lowest BCUT2D eigenvalue weighted by molar-refractivity contribution is -0.119. The normalized spacial score (nSPS) is 19.3. The fraction of sp³-hybridized carbons (Fsp3) is 0.588. The number of hydrogen-bond acceptors (Lipinski definition) is 3. The Morgan fingerprint density at radius 3 is 2.57 bits per heavy atom. The molecule has 116 valence electrons. The zero-order valence-electron chi connectivity index (χ0n) is 13.5. The van der Waals surface area contributed by atoms with Gasteiger partial charge in [0.1, 0.15) is 0 Å².